The lowest BCUT2D eigenvalue weighted by Crippen LogP contribution is -2.47. The Kier molecular flexibility index (Phi) is 3.01. The highest BCUT2D eigenvalue weighted by molar-refractivity contribution is 5.87. The van der Waals surface area contributed by atoms with E-state index < -0.39 is 18.1 Å². The van der Waals surface area contributed by atoms with E-state index in [1.165, 1.54) is 0 Å². The van der Waals surface area contributed by atoms with Crippen LogP contribution in [0.25, 0.3) is 0 Å². The van der Waals surface area contributed by atoms with Gasteiger partial charge in [0.1, 0.15) is 12.1 Å². The Hall–Kier alpha value is -1.10. The fourth-order valence-electron chi connectivity index (χ4n) is 3.81. The standard InChI is InChI=1S/C13H19NO4/c15-12(10-5-2-6-18-10)14-7-8-3-1-4-9(8)11(14)13(16)17/h8-11H,1-7H2,(H,16,17)/t8?,9?,10-,11?/m1/s1. The predicted octanol–water partition coefficient (Wildman–Crippen LogP) is 0.877. The number of rotatable bonds is 2. The molecule has 2 aliphatic heterocycles. The Morgan fingerprint density at radius 2 is 2.00 bits per heavy atom. The molecule has 5 nitrogen and oxygen atoms in total. The highest BCUT2D eigenvalue weighted by Crippen LogP contribution is 2.42. The van der Waals surface area contributed by atoms with Gasteiger partial charge in [0.25, 0.3) is 5.91 Å². The maximum Gasteiger partial charge on any atom is 0.326 e. The fraction of sp³-hybridized carbons (Fsp3) is 0.846. The number of ether oxygens (including phenoxy) is 1. The molecule has 1 N–H and O–H groups in total. The summed E-state index contributed by atoms with van der Waals surface area (Å²) < 4.78 is 5.39. The third-order valence-corrected chi connectivity index (χ3v) is 4.63. The van der Waals surface area contributed by atoms with Crippen molar-refractivity contribution in [2.24, 2.45) is 11.8 Å². The molecule has 1 aliphatic carbocycles. The second-order valence-electron chi connectivity index (χ2n) is 5.63. The molecule has 100 valence electrons. The summed E-state index contributed by atoms with van der Waals surface area (Å²) in [6, 6.07) is -0.616. The molecule has 5 heteroatoms. The van der Waals surface area contributed by atoms with Crippen LogP contribution in [0.2, 0.25) is 0 Å². The van der Waals surface area contributed by atoms with E-state index >= 15 is 0 Å². The van der Waals surface area contributed by atoms with Crippen molar-refractivity contribution in [1.82, 2.24) is 4.90 Å². The normalized spacial score (nSPS) is 39.0. The largest absolute Gasteiger partial charge is 0.480 e. The van der Waals surface area contributed by atoms with E-state index in [-0.39, 0.29) is 11.8 Å². The van der Waals surface area contributed by atoms with Crippen LogP contribution in [0.3, 0.4) is 0 Å². The van der Waals surface area contributed by atoms with Gasteiger partial charge < -0.3 is 14.7 Å². The number of nitrogens with zero attached hydrogens (tertiary/aromatic N) is 1. The summed E-state index contributed by atoms with van der Waals surface area (Å²) in [5, 5.41) is 9.39. The molecule has 3 rings (SSSR count). The van der Waals surface area contributed by atoms with Crippen molar-refractivity contribution >= 4 is 11.9 Å². The molecule has 0 aromatic carbocycles. The quantitative estimate of drug-likeness (QED) is 0.793. The topological polar surface area (TPSA) is 66.8 Å². The lowest BCUT2D eigenvalue weighted by Gasteiger charge is -2.26. The Morgan fingerprint density at radius 3 is 2.67 bits per heavy atom. The number of hydrogen-bond donors (Lipinski definition) is 1. The van der Waals surface area contributed by atoms with Gasteiger partial charge in [-0.25, -0.2) is 4.79 Å². The zero-order chi connectivity index (χ0) is 12.7. The van der Waals surface area contributed by atoms with E-state index in [0.29, 0.717) is 19.1 Å². The van der Waals surface area contributed by atoms with E-state index in [9.17, 15) is 14.7 Å². The Labute approximate surface area is 106 Å². The molecule has 2 saturated heterocycles. The van der Waals surface area contributed by atoms with E-state index in [4.69, 9.17) is 4.74 Å². The average Bonchev–Trinajstić information content (AvgIpc) is 3.03. The molecule has 0 aromatic rings. The monoisotopic (exact) mass is 253 g/mol. The number of hydrogen-bond acceptors (Lipinski definition) is 3. The number of carboxylic acids is 1. The number of carbonyl (C=O) groups is 2. The number of carbonyl (C=O) groups excluding carboxylic acids is 1. The van der Waals surface area contributed by atoms with Crippen LogP contribution >= 0.6 is 0 Å². The van der Waals surface area contributed by atoms with Crippen LogP contribution in [0.4, 0.5) is 0 Å². The zero-order valence-corrected chi connectivity index (χ0v) is 10.4. The predicted molar refractivity (Wildman–Crippen MR) is 62.9 cm³/mol. The van der Waals surface area contributed by atoms with Gasteiger partial charge >= 0.3 is 5.97 Å². The fourth-order valence-corrected chi connectivity index (χ4v) is 3.81. The van der Waals surface area contributed by atoms with Crippen molar-refractivity contribution in [3.8, 4) is 0 Å². The molecule has 4 atom stereocenters. The van der Waals surface area contributed by atoms with E-state index in [1.807, 2.05) is 0 Å². The molecule has 2 heterocycles. The Morgan fingerprint density at radius 1 is 1.17 bits per heavy atom. The lowest BCUT2D eigenvalue weighted by atomic mass is 9.94. The number of amides is 1. The van der Waals surface area contributed by atoms with E-state index in [1.54, 1.807) is 4.90 Å². The van der Waals surface area contributed by atoms with Crippen molar-refractivity contribution in [2.75, 3.05) is 13.2 Å². The van der Waals surface area contributed by atoms with Crippen LogP contribution in [0.1, 0.15) is 32.1 Å². The van der Waals surface area contributed by atoms with Crippen LogP contribution in [-0.4, -0.2) is 47.2 Å². The van der Waals surface area contributed by atoms with Gasteiger partial charge in [-0.1, -0.05) is 6.42 Å². The maximum absolute atomic E-state index is 12.3. The number of carboxylic acid groups (broad SMARTS) is 1. The minimum atomic E-state index is -0.851. The summed E-state index contributed by atoms with van der Waals surface area (Å²) in [4.78, 5) is 25.3. The highest BCUT2D eigenvalue weighted by atomic mass is 16.5. The van der Waals surface area contributed by atoms with Crippen LogP contribution < -0.4 is 0 Å². The van der Waals surface area contributed by atoms with Gasteiger partial charge in [0.05, 0.1) is 0 Å². The van der Waals surface area contributed by atoms with Crippen LogP contribution in [-0.2, 0) is 14.3 Å². The van der Waals surface area contributed by atoms with Crippen molar-refractivity contribution < 1.29 is 19.4 Å². The van der Waals surface area contributed by atoms with Crippen molar-refractivity contribution in [3.63, 3.8) is 0 Å². The van der Waals surface area contributed by atoms with Crippen molar-refractivity contribution in [1.29, 1.82) is 0 Å². The number of aliphatic carboxylic acids is 1. The van der Waals surface area contributed by atoms with Gasteiger partial charge in [0.15, 0.2) is 0 Å². The van der Waals surface area contributed by atoms with Gasteiger partial charge in [0.2, 0.25) is 0 Å². The third kappa shape index (κ3) is 1.81. The minimum Gasteiger partial charge on any atom is -0.480 e. The molecule has 0 aromatic heterocycles. The molecule has 1 saturated carbocycles. The number of fused-ring (bicyclic) bond motifs is 1. The summed E-state index contributed by atoms with van der Waals surface area (Å²) in [5.74, 6) is -0.408. The summed E-state index contributed by atoms with van der Waals surface area (Å²) in [7, 11) is 0. The zero-order valence-electron chi connectivity index (χ0n) is 10.4. The smallest absolute Gasteiger partial charge is 0.326 e. The van der Waals surface area contributed by atoms with Crippen LogP contribution in [0, 0.1) is 11.8 Å². The third-order valence-electron chi connectivity index (χ3n) is 4.63. The lowest BCUT2D eigenvalue weighted by molar-refractivity contribution is -0.153. The van der Waals surface area contributed by atoms with Crippen LogP contribution in [0.15, 0.2) is 0 Å². The van der Waals surface area contributed by atoms with Gasteiger partial charge in [-0.3, -0.25) is 4.79 Å². The first-order chi connectivity index (χ1) is 8.68. The summed E-state index contributed by atoms with van der Waals surface area (Å²) in [5.41, 5.74) is 0. The first-order valence-corrected chi connectivity index (χ1v) is 6.83. The van der Waals surface area contributed by atoms with Gasteiger partial charge in [-0.15, -0.1) is 0 Å². The first kappa shape index (κ1) is 12.0. The molecule has 0 bridgehead atoms. The highest BCUT2D eigenvalue weighted by Gasteiger charge is 2.50. The molecule has 0 radical (unpaired) electrons. The molecule has 18 heavy (non-hydrogen) atoms. The van der Waals surface area contributed by atoms with E-state index in [0.717, 1.165) is 32.1 Å². The first-order valence-electron chi connectivity index (χ1n) is 6.83. The summed E-state index contributed by atoms with van der Waals surface area (Å²) in [6.07, 6.45) is 4.33. The molecular weight excluding hydrogens is 234 g/mol. The second-order valence-corrected chi connectivity index (χ2v) is 5.63. The molecule has 3 fully saturated rings. The molecular formula is C13H19NO4. The maximum atomic E-state index is 12.3. The van der Waals surface area contributed by atoms with E-state index in [2.05, 4.69) is 0 Å². The van der Waals surface area contributed by atoms with Gasteiger partial charge in [0, 0.05) is 13.2 Å². The van der Waals surface area contributed by atoms with Gasteiger partial charge in [-0.2, -0.15) is 0 Å². The summed E-state index contributed by atoms with van der Waals surface area (Å²) >= 11 is 0. The summed E-state index contributed by atoms with van der Waals surface area (Å²) in [6.45, 7) is 1.23. The Balaban J connectivity index is 1.78. The minimum absolute atomic E-state index is 0.102. The molecule has 3 aliphatic rings. The molecule has 0 spiro atoms. The molecule has 1 amide bonds. The van der Waals surface area contributed by atoms with Crippen molar-refractivity contribution in [3.05, 3.63) is 0 Å². The number of likely N-dealkylation sites (tertiary alicyclic amines) is 1. The second kappa shape index (κ2) is 4.53. The van der Waals surface area contributed by atoms with Crippen molar-refractivity contribution in [2.45, 2.75) is 44.2 Å². The van der Waals surface area contributed by atoms with Crippen LogP contribution in [0.5, 0.6) is 0 Å². The Bertz CT molecular complexity index is 364. The van der Waals surface area contributed by atoms with Gasteiger partial charge in [-0.05, 0) is 37.5 Å². The SMILES string of the molecule is O=C(O)C1C2CCCC2CN1C(=O)[C@H]1CCCO1. The molecule has 3 unspecified atom stereocenters. The average molecular weight is 253 g/mol.